The summed E-state index contributed by atoms with van der Waals surface area (Å²) in [5.74, 6) is -0.105. The van der Waals surface area contributed by atoms with Crippen LogP contribution in [-0.2, 0) is 16.1 Å². The standard InChI is InChI=1S/C25H29N5O4/c1-17(18-8-4-3-5-9-18)28-14-19(29-26)16-34-23-12-6-10-20-21(23)15-30(25(20)33)22(11-7-13-31)24(32)27-2/h3-6,8-10,12-14,17,22,26,28H,7,11,15-16H2,1-2H3,(H,27,32)/b19-14-,29-26?/t17-,22?/m0/s1. The van der Waals surface area contributed by atoms with Crippen LogP contribution in [0.25, 0.3) is 0 Å². The molecule has 1 unspecified atom stereocenters. The Hall–Kier alpha value is -4.01. The average molecular weight is 464 g/mol. The van der Waals surface area contributed by atoms with E-state index in [-0.39, 0.29) is 43.8 Å². The van der Waals surface area contributed by atoms with Crippen molar-refractivity contribution in [2.75, 3.05) is 13.7 Å². The lowest BCUT2D eigenvalue weighted by molar-refractivity contribution is -0.125. The third-order valence-electron chi connectivity index (χ3n) is 5.75. The minimum atomic E-state index is -0.745. The highest BCUT2D eigenvalue weighted by atomic mass is 16.5. The van der Waals surface area contributed by atoms with Gasteiger partial charge in [0.25, 0.3) is 5.91 Å². The molecule has 0 radical (unpaired) electrons. The number of amides is 2. The van der Waals surface area contributed by atoms with Crippen LogP contribution in [0.4, 0.5) is 0 Å². The number of hydrogen-bond acceptors (Lipinski definition) is 7. The monoisotopic (exact) mass is 463 g/mol. The molecule has 0 bridgehead atoms. The summed E-state index contributed by atoms with van der Waals surface area (Å²) in [6.07, 6.45) is 2.81. The Morgan fingerprint density at radius 2 is 2.00 bits per heavy atom. The lowest BCUT2D eigenvalue weighted by Crippen LogP contribution is -2.46. The molecule has 0 fully saturated rings. The maximum atomic E-state index is 13.0. The molecule has 1 heterocycles. The molecule has 0 aromatic heterocycles. The number of ether oxygens (including phenoxy) is 1. The minimum Gasteiger partial charge on any atom is -0.487 e. The second-order valence-corrected chi connectivity index (χ2v) is 7.92. The first-order valence-electron chi connectivity index (χ1n) is 11.1. The van der Waals surface area contributed by atoms with Crippen LogP contribution >= 0.6 is 0 Å². The molecular weight excluding hydrogens is 434 g/mol. The molecule has 3 N–H and O–H groups in total. The van der Waals surface area contributed by atoms with E-state index in [0.717, 1.165) is 11.8 Å². The first-order chi connectivity index (χ1) is 16.5. The summed E-state index contributed by atoms with van der Waals surface area (Å²) >= 11 is 0. The van der Waals surface area contributed by atoms with Gasteiger partial charge < -0.3 is 25.1 Å². The van der Waals surface area contributed by atoms with Crippen molar-refractivity contribution in [1.82, 2.24) is 15.5 Å². The Kier molecular flexibility index (Phi) is 8.50. The summed E-state index contributed by atoms with van der Waals surface area (Å²) in [6, 6.07) is 14.3. The molecule has 178 valence electrons. The molecule has 2 aromatic carbocycles. The molecule has 9 nitrogen and oxygen atoms in total. The fourth-order valence-corrected chi connectivity index (χ4v) is 3.85. The number of benzene rings is 2. The zero-order valence-corrected chi connectivity index (χ0v) is 19.3. The zero-order chi connectivity index (χ0) is 24.5. The van der Waals surface area contributed by atoms with Crippen molar-refractivity contribution < 1.29 is 19.1 Å². The molecule has 0 saturated carbocycles. The molecule has 2 aromatic rings. The van der Waals surface area contributed by atoms with Crippen LogP contribution in [0.3, 0.4) is 0 Å². The largest absolute Gasteiger partial charge is 0.487 e. The summed E-state index contributed by atoms with van der Waals surface area (Å²) in [7, 11) is 1.50. The first-order valence-corrected chi connectivity index (χ1v) is 11.1. The van der Waals surface area contributed by atoms with Gasteiger partial charge in [0, 0.05) is 36.8 Å². The van der Waals surface area contributed by atoms with Crippen molar-refractivity contribution in [3.63, 3.8) is 0 Å². The highest BCUT2D eigenvalue weighted by molar-refractivity contribution is 6.01. The van der Waals surface area contributed by atoms with E-state index in [2.05, 4.69) is 15.7 Å². The van der Waals surface area contributed by atoms with E-state index in [1.807, 2.05) is 37.3 Å². The van der Waals surface area contributed by atoms with Gasteiger partial charge >= 0.3 is 0 Å². The predicted molar refractivity (Wildman–Crippen MR) is 126 cm³/mol. The van der Waals surface area contributed by atoms with Crippen LogP contribution in [0.5, 0.6) is 5.75 Å². The number of rotatable bonds is 12. The number of carbonyl (C=O) groups excluding carboxylic acids is 3. The molecule has 2 atom stereocenters. The lowest BCUT2D eigenvalue weighted by Gasteiger charge is -2.25. The molecule has 2 amide bonds. The first kappa shape index (κ1) is 24.6. The summed E-state index contributed by atoms with van der Waals surface area (Å²) in [5.41, 5.74) is 10.1. The Balaban J connectivity index is 1.71. The van der Waals surface area contributed by atoms with Gasteiger partial charge in [-0.1, -0.05) is 36.4 Å². The number of nitrogens with zero attached hydrogens (tertiary/aromatic N) is 2. The highest BCUT2D eigenvalue weighted by Crippen LogP contribution is 2.33. The molecule has 1 aliphatic rings. The van der Waals surface area contributed by atoms with E-state index in [4.69, 9.17) is 10.3 Å². The quantitative estimate of drug-likeness (QED) is 0.329. The number of fused-ring (bicyclic) bond motifs is 1. The molecule has 34 heavy (non-hydrogen) atoms. The van der Waals surface area contributed by atoms with E-state index < -0.39 is 6.04 Å². The summed E-state index contributed by atoms with van der Waals surface area (Å²) in [4.78, 5) is 37.7. The predicted octanol–water partition coefficient (Wildman–Crippen LogP) is 3.34. The topological polar surface area (TPSA) is 124 Å². The van der Waals surface area contributed by atoms with Crippen LogP contribution in [0.1, 0.15) is 47.3 Å². The minimum absolute atomic E-state index is 0.0260. The van der Waals surface area contributed by atoms with Crippen molar-refractivity contribution in [3.05, 3.63) is 77.1 Å². The van der Waals surface area contributed by atoms with Crippen molar-refractivity contribution in [2.24, 2.45) is 5.11 Å². The van der Waals surface area contributed by atoms with E-state index in [1.165, 1.54) is 11.9 Å². The van der Waals surface area contributed by atoms with Gasteiger partial charge in [0.15, 0.2) is 0 Å². The van der Waals surface area contributed by atoms with Crippen LogP contribution < -0.4 is 15.4 Å². The normalized spacial score (nSPS) is 14.7. The fourth-order valence-electron chi connectivity index (χ4n) is 3.85. The number of hydrogen-bond donors (Lipinski definition) is 3. The third kappa shape index (κ3) is 5.67. The maximum absolute atomic E-state index is 13.0. The van der Waals surface area contributed by atoms with Crippen molar-refractivity contribution in [1.29, 1.82) is 5.53 Å². The van der Waals surface area contributed by atoms with Gasteiger partial charge in [0.05, 0.1) is 6.54 Å². The van der Waals surface area contributed by atoms with Gasteiger partial charge in [-0.15, -0.1) is 0 Å². The summed E-state index contributed by atoms with van der Waals surface area (Å²) < 4.78 is 5.93. The summed E-state index contributed by atoms with van der Waals surface area (Å²) in [5, 5.41) is 9.33. The third-order valence-corrected chi connectivity index (χ3v) is 5.75. The Labute approximate surface area is 198 Å². The van der Waals surface area contributed by atoms with E-state index in [0.29, 0.717) is 22.6 Å². The van der Waals surface area contributed by atoms with Gasteiger partial charge in [0.2, 0.25) is 5.91 Å². The average Bonchev–Trinajstić information content (AvgIpc) is 3.21. The molecule has 0 spiro atoms. The second-order valence-electron chi connectivity index (χ2n) is 7.92. The maximum Gasteiger partial charge on any atom is 0.255 e. The van der Waals surface area contributed by atoms with Crippen LogP contribution in [0, 0.1) is 5.53 Å². The van der Waals surface area contributed by atoms with Crippen molar-refractivity contribution in [3.8, 4) is 5.75 Å². The second kappa shape index (κ2) is 11.7. The zero-order valence-electron chi connectivity index (χ0n) is 19.3. The number of nitrogens with one attached hydrogen (secondary N) is 3. The lowest BCUT2D eigenvalue weighted by atomic mass is 10.1. The number of likely N-dealkylation sites (N-methyl/N-ethyl adjacent to an activating group) is 1. The SMILES string of the molecule is CNC(=O)C(CCC=O)N1Cc2c(OC/C(=C/N[C@@H](C)c3ccccc3)N=N)cccc2C1=O. The van der Waals surface area contributed by atoms with E-state index >= 15 is 0 Å². The van der Waals surface area contributed by atoms with E-state index in [9.17, 15) is 14.4 Å². The Morgan fingerprint density at radius 1 is 1.24 bits per heavy atom. The van der Waals surface area contributed by atoms with Gasteiger partial charge in [-0.2, -0.15) is 5.11 Å². The number of carbonyl (C=O) groups is 3. The Bertz CT molecular complexity index is 1070. The van der Waals surface area contributed by atoms with Crippen LogP contribution in [0.2, 0.25) is 0 Å². The van der Waals surface area contributed by atoms with Gasteiger partial charge in [-0.3, -0.25) is 9.59 Å². The Morgan fingerprint density at radius 3 is 2.68 bits per heavy atom. The van der Waals surface area contributed by atoms with Gasteiger partial charge in [-0.25, -0.2) is 5.53 Å². The molecule has 0 saturated heterocycles. The van der Waals surface area contributed by atoms with Gasteiger partial charge in [0.1, 0.15) is 30.4 Å². The molecule has 0 aliphatic carbocycles. The van der Waals surface area contributed by atoms with E-state index in [1.54, 1.807) is 24.4 Å². The highest BCUT2D eigenvalue weighted by Gasteiger charge is 2.37. The molecule has 9 heteroatoms. The summed E-state index contributed by atoms with van der Waals surface area (Å²) in [6.45, 7) is 2.24. The fraction of sp³-hybridized carbons (Fsp3) is 0.320. The number of aldehydes is 1. The smallest absolute Gasteiger partial charge is 0.255 e. The molecule has 1 aliphatic heterocycles. The molecular formula is C25H29N5O4. The van der Waals surface area contributed by atoms with Crippen molar-refractivity contribution in [2.45, 2.75) is 38.4 Å². The molecule has 3 rings (SSSR count). The van der Waals surface area contributed by atoms with Crippen molar-refractivity contribution >= 4 is 18.1 Å². The van der Waals surface area contributed by atoms with Gasteiger partial charge in [-0.05, 0) is 31.0 Å². The van der Waals surface area contributed by atoms with Crippen LogP contribution in [0.15, 0.2) is 65.5 Å². The van der Waals surface area contributed by atoms with Crippen LogP contribution in [-0.4, -0.2) is 42.7 Å².